The van der Waals surface area contributed by atoms with Crippen molar-refractivity contribution in [3.8, 4) is 0 Å². The molecule has 0 saturated carbocycles. The number of carbonyl (C=O) groups excluding carboxylic acids is 4. The zero-order valence-corrected chi connectivity index (χ0v) is 27.6. The highest BCUT2D eigenvalue weighted by molar-refractivity contribution is 6.61. The van der Waals surface area contributed by atoms with E-state index < -0.39 is 29.0 Å². The van der Waals surface area contributed by atoms with E-state index in [0.29, 0.717) is 45.9 Å². The highest BCUT2D eigenvalue weighted by Crippen LogP contribution is 2.37. The van der Waals surface area contributed by atoms with Crippen LogP contribution in [0, 0.1) is 11.8 Å². The number of carbonyl (C=O) groups is 4. The van der Waals surface area contributed by atoms with Crippen molar-refractivity contribution < 1.29 is 47.6 Å². The molecule has 4 heterocycles. The van der Waals surface area contributed by atoms with Gasteiger partial charge < -0.3 is 38.6 Å². The summed E-state index contributed by atoms with van der Waals surface area (Å²) in [5.74, 6) is -1.95. The van der Waals surface area contributed by atoms with Crippen molar-refractivity contribution in [2.75, 3.05) is 52.6 Å². The molecule has 1 N–H and O–H groups in total. The van der Waals surface area contributed by atoms with Crippen molar-refractivity contribution in [1.29, 1.82) is 0 Å². The monoisotopic (exact) mass is 674 g/mol. The van der Waals surface area contributed by atoms with Crippen LogP contribution in [-0.4, -0.2) is 92.2 Å². The molecule has 6 rings (SSSR count). The summed E-state index contributed by atoms with van der Waals surface area (Å²) < 4.78 is 32.4. The summed E-state index contributed by atoms with van der Waals surface area (Å²) in [6.07, 6.45) is 0.850. The van der Waals surface area contributed by atoms with E-state index in [4.69, 9.17) is 35.3 Å². The van der Waals surface area contributed by atoms with Gasteiger partial charge in [0.2, 0.25) is 0 Å². The number of Topliss-reactive ketones (excluding diaryl/α,β-unsaturated/α-hetero) is 2. The predicted molar refractivity (Wildman–Crippen MR) is 170 cm³/mol. The molecule has 2 aromatic carbocycles. The number of ether oxygens (including phenoxy) is 6. The van der Waals surface area contributed by atoms with E-state index in [9.17, 15) is 19.2 Å². The Kier molecular flexibility index (Phi) is 13.7. The van der Waals surface area contributed by atoms with Gasteiger partial charge in [0.25, 0.3) is 0 Å². The average molecular weight is 675 g/mol. The molecule has 4 aliphatic heterocycles. The molecule has 4 aliphatic rings. The average Bonchev–Trinajstić information content (AvgIpc) is 3.75. The third-order valence-corrected chi connectivity index (χ3v) is 8.49. The molecule has 2 unspecified atom stereocenters. The molecule has 0 aromatic heterocycles. The van der Waals surface area contributed by atoms with Gasteiger partial charge in [-0.15, -0.1) is 0 Å². The fraction of sp³-hybridized carbons (Fsp3) is 0.529. The van der Waals surface area contributed by atoms with E-state index in [1.54, 1.807) is 11.8 Å². The first-order chi connectivity index (χ1) is 22.6. The van der Waals surface area contributed by atoms with Crippen LogP contribution in [0.3, 0.4) is 0 Å². The lowest BCUT2D eigenvalue weighted by Gasteiger charge is -2.42. The van der Waals surface area contributed by atoms with E-state index in [1.165, 1.54) is 6.92 Å². The number of benzene rings is 2. The molecule has 2 spiro atoms. The standard InChI is InChI=1S/C17H21NO5.C9H15NO3.C8H7ClO2/c1-13(19)15-11-18(8-7-17(15)22-9-10-23-17)16(20)21-12-14-5-3-2-4-6-14;1-7(11)8-6-10-3-2-9(8)12-4-5-13-9;9-8(10)11-6-7-4-2-1-3-5-7/h2-6,15H,7-12H2,1H3;8,10H,2-6H2,1H3;1-5H,6H2. The van der Waals surface area contributed by atoms with Crippen LogP contribution in [0.25, 0.3) is 0 Å². The van der Waals surface area contributed by atoms with Gasteiger partial charge in [-0.1, -0.05) is 60.7 Å². The van der Waals surface area contributed by atoms with Gasteiger partial charge in [-0.3, -0.25) is 9.59 Å². The highest BCUT2D eigenvalue weighted by atomic mass is 35.5. The summed E-state index contributed by atoms with van der Waals surface area (Å²) in [6, 6.07) is 18.9. The van der Waals surface area contributed by atoms with Gasteiger partial charge in [0.15, 0.2) is 11.6 Å². The Bertz CT molecular complexity index is 1320. The summed E-state index contributed by atoms with van der Waals surface area (Å²) in [5.41, 5.74) is 1.09. The third-order valence-electron chi connectivity index (χ3n) is 8.39. The van der Waals surface area contributed by atoms with Gasteiger partial charge in [-0.2, -0.15) is 0 Å². The predicted octanol–water partition coefficient (Wildman–Crippen LogP) is 4.47. The highest BCUT2D eigenvalue weighted by Gasteiger charge is 2.51. The van der Waals surface area contributed by atoms with Gasteiger partial charge in [-0.25, -0.2) is 9.59 Å². The van der Waals surface area contributed by atoms with Crippen LogP contribution in [0.1, 0.15) is 37.8 Å². The van der Waals surface area contributed by atoms with Gasteiger partial charge in [0.05, 0.1) is 38.3 Å². The maximum absolute atomic E-state index is 12.3. The molecular formula is C34H43ClN2O10. The summed E-state index contributed by atoms with van der Waals surface area (Å²) in [5, 5.41) is 3.19. The fourth-order valence-corrected chi connectivity index (χ4v) is 6.02. The van der Waals surface area contributed by atoms with Crippen molar-refractivity contribution in [3.63, 3.8) is 0 Å². The number of halogens is 1. The topological polar surface area (TPSA) is 139 Å². The Labute approximate surface area is 279 Å². The summed E-state index contributed by atoms with van der Waals surface area (Å²) in [6.45, 7) is 8.04. The first-order valence-corrected chi connectivity index (χ1v) is 16.1. The van der Waals surface area contributed by atoms with E-state index in [1.807, 2.05) is 60.7 Å². The minimum Gasteiger partial charge on any atom is -0.449 e. The number of nitrogens with one attached hydrogen (secondary N) is 1. The van der Waals surface area contributed by atoms with E-state index in [-0.39, 0.29) is 37.2 Å². The van der Waals surface area contributed by atoms with Crippen LogP contribution in [0.15, 0.2) is 60.7 Å². The van der Waals surface area contributed by atoms with Crippen LogP contribution < -0.4 is 5.32 Å². The van der Waals surface area contributed by atoms with Crippen molar-refractivity contribution in [2.45, 2.75) is 51.5 Å². The molecule has 2 aromatic rings. The zero-order valence-electron chi connectivity index (χ0n) is 26.8. The fourth-order valence-electron chi connectivity index (χ4n) is 5.97. The van der Waals surface area contributed by atoms with E-state index in [2.05, 4.69) is 10.1 Å². The van der Waals surface area contributed by atoms with E-state index in [0.717, 1.165) is 24.1 Å². The quantitative estimate of drug-likeness (QED) is 0.435. The molecule has 47 heavy (non-hydrogen) atoms. The molecule has 12 nitrogen and oxygen atoms in total. The molecule has 0 aliphatic carbocycles. The molecule has 2 atom stereocenters. The van der Waals surface area contributed by atoms with Crippen LogP contribution in [-0.2, 0) is 51.2 Å². The number of nitrogens with zero attached hydrogens (tertiary/aromatic N) is 1. The van der Waals surface area contributed by atoms with Crippen LogP contribution >= 0.6 is 11.6 Å². The Morgan fingerprint density at radius 3 is 1.74 bits per heavy atom. The number of rotatable bonds is 6. The summed E-state index contributed by atoms with van der Waals surface area (Å²) in [4.78, 5) is 47.3. The van der Waals surface area contributed by atoms with Gasteiger partial charge in [-0.05, 0) is 25.0 Å². The normalized spacial score (nSPS) is 22.3. The Morgan fingerprint density at radius 1 is 0.766 bits per heavy atom. The minimum atomic E-state index is -0.859. The summed E-state index contributed by atoms with van der Waals surface area (Å²) >= 11 is 4.97. The number of likely N-dealkylation sites (tertiary alicyclic amines) is 1. The van der Waals surface area contributed by atoms with Crippen LogP contribution in [0.5, 0.6) is 0 Å². The SMILES string of the molecule is CC(=O)C1CN(C(=O)OCc2ccccc2)CCC12OCCO2.CC(=O)C1CNCCC12OCCO2.O=C(Cl)OCc1ccccc1. The Hall–Kier alpha value is -3.39. The second-order valence-corrected chi connectivity index (χ2v) is 11.9. The second-order valence-electron chi connectivity index (χ2n) is 11.5. The number of ketones is 2. The lowest BCUT2D eigenvalue weighted by atomic mass is 9.88. The maximum atomic E-state index is 12.3. The number of amides is 1. The van der Waals surface area contributed by atoms with Gasteiger partial charge >= 0.3 is 11.5 Å². The number of hydrogen-bond donors (Lipinski definition) is 1. The summed E-state index contributed by atoms with van der Waals surface area (Å²) in [7, 11) is 0. The zero-order chi connectivity index (χ0) is 33.7. The number of hydrogen-bond acceptors (Lipinski definition) is 11. The Morgan fingerprint density at radius 2 is 1.26 bits per heavy atom. The van der Waals surface area contributed by atoms with Gasteiger partial charge in [0, 0.05) is 50.6 Å². The smallest absolute Gasteiger partial charge is 0.410 e. The maximum Gasteiger partial charge on any atom is 0.410 e. The molecular weight excluding hydrogens is 632 g/mol. The largest absolute Gasteiger partial charge is 0.449 e. The molecule has 0 bridgehead atoms. The lowest BCUT2D eigenvalue weighted by molar-refractivity contribution is -0.215. The van der Waals surface area contributed by atoms with E-state index >= 15 is 0 Å². The van der Waals surface area contributed by atoms with Crippen molar-refractivity contribution in [2.24, 2.45) is 11.8 Å². The first-order valence-electron chi connectivity index (χ1n) is 15.7. The first kappa shape index (κ1) is 36.4. The van der Waals surface area contributed by atoms with Crippen molar-refractivity contribution >= 4 is 34.7 Å². The molecule has 4 fully saturated rings. The third kappa shape index (κ3) is 10.3. The molecule has 0 radical (unpaired) electrons. The Balaban J connectivity index is 0.000000176. The number of piperidine rings is 2. The van der Waals surface area contributed by atoms with Crippen molar-refractivity contribution in [3.05, 3.63) is 71.8 Å². The molecule has 1 amide bonds. The molecule has 13 heteroatoms. The second kappa shape index (κ2) is 17.7. The minimum absolute atomic E-state index is 0.0348. The van der Waals surface area contributed by atoms with Crippen molar-refractivity contribution in [1.82, 2.24) is 10.2 Å². The van der Waals surface area contributed by atoms with Crippen LogP contribution in [0.2, 0.25) is 0 Å². The van der Waals surface area contributed by atoms with Gasteiger partial charge in [0.1, 0.15) is 24.8 Å². The molecule has 4 saturated heterocycles. The molecule has 256 valence electrons. The lowest BCUT2D eigenvalue weighted by Crippen LogP contribution is -2.56. The van der Waals surface area contributed by atoms with Crippen LogP contribution in [0.4, 0.5) is 9.59 Å².